The highest BCUT2D eigenvalue weighted by atomic mass is 127. The first-order chi connectivity index (χ1) is 8.50. The zero-order chi connectivity index (χ0) is 13.3. The summed E-state index contributed by atoms with van der Waals surface area (Å²) in [5.41, 5.74) is 0.267. The van der Waals surface area contributed by atoms with Crippen molar-refractivity contribution in [3.05, 3.63) is 27.3 Å². The molecule has 1 saturated heterocycles. The topological polar surface area (TPSA) is 72.8 Å². The Morgan fingerprint density at radius 3 is 2.83 bits per heavy atom. The molecule has 98 valence electrons. The molecule has 0 saturated carbocycles. The Labute approximate surface area is 119 Å². The van der Waals surface area contributed by atoms with Crippen molar-refractivity contribution < 1.29 is 15.0 Å². The van der Waals surface area contributed by atoms with Gasteiger partial charge in [-0.2, -0.15) is 0 Å². The number of carbonyl (C=O) groups excluding carboxylic acids is 1. The molecule has 5 nitrogen and oxygen atoms in total. The number of β-amino-alcohol motifs (C(OH)–C–C–N with tert-alkyl or cyclic N) is 1. The molecule has 18 heavy (non-hydrogen) atoms. The summed E-state index contributed by atoms with van der Waals surface area (Å²) in [5.74, 6) is -0.313. The predicted octanol–water partition coefficient (Wildman–Crippen LogP) is 0.402. The Bertz CT molecular complexity index is 467. The minimum Gasteiger partial charge on any atom is -0.507 e. The number of aliphatic hydroxyl groups excluding tert-OH is 1. The van der Waals surface area contributed by atoms with Crippen molar-refractivity contribution in [2.24, 2.45) is 0 Å². The van der Waals surface area contributed by atoms with Crippen molar-refractivity contribution in [3.8, 4) is 5.75 Å². The predicted molar refractivity (Wildman–Crippen MR) is 75.6 cm³/mol. The van der Waals surface area contributed by atoms with Crippen LogP contribution < -0.4 is 5.32 Å². The molecule has 0 unspecified atom stereocenters. The maximum absolute atomic E-state index is 12.3. The third-order valence-corrected chi connectivity index (χ3v) is 3.83. The first kappa shape index (κ1) is 13.6. The number of nitrogens with zero attached hydrogens (tertiary/aromatic N) is 1. The van der Waals surface area contributed by atoms with Gasteiger partial charge in [-0.3, -0.25) is 4.79 Å². The number of halogens is 1. The van der Waals surface area contributed by atoms with Gasteiger partial charge >= 0.3 is 0 Å². The molecule has 1 aliphatic rings. The second-order valence-electron chi connectivity index (χ2n) is 4.37. The Morgan fingerprint density at radius 1 is 1.50 bits per heavy atom. The molecular weight excluding hydrogens is 347 g/mol. The van der Waals surface area contributed by atoms with E-state index in [0.717, 1.165) is 3.57 Å². The van der Waals surface area contributed by atoms with Crippen LogP contribution in [0, 0.1) is 3.57 Å². The number of aliphatic hydroxyl groups is 1. The van der Waals surface area contributed by atoms with Crippen molar-refractivity contribution in [3.63, 3.8) is 0 Å². The molecule has 1 amide bonds. The molecule has 3 N–H and O–H groups in total. The summed E-state index contributed by atoms with van der Waals surface area (Å²) in [6.45, 7) is 1.05. The minimum atomic E-state index is -0.566. The van der Waals surface area contributed by atoms with E-state index in [4.69, 9.17) is 0 Å². The summed E-state index contributed by atoms with van der Waals surface area (Å²) in [4.78, 5) is 13.8. The lowest BCUT2D eigenvalue weighted by Gasteiger charge is -2.26. The molecule has 1 fully saturated rings. The molecule has 1 aromatic rings. The van der Waals surface area contributed by atoms with Gasteiger partial charge in [-0.1, -0.05) is 0 Å². The highest BCUT2D eigenvalue weighted by molar-refractivity contribution is 14.1. The largest absolute Gasteiger partial charge is 0.507 e. The van der Waals surface area contributed by atoms with E-state index in [2.05, 4.69) is 27.9 Å². The number of rotatable bonds is 2. The van der Waals surface area contributed by atoms with Crippen LogP contribution in [0.25, 0.3) is 0 Å². The number of carbonyl (C=O) groups is 1. The van der Waals surface area contributed by atoms with Gasteiger partial charge in [0, 0.05) is 23.7 Å². The molecule has 2 rings (SSSR count). The minimum absolute atomic E-state index is 0.0345. The fourth-order valence-electron chi connectivity index (χ4n) is 2.07. The standard InChI is InChI=1S/C12H15IN2O3/c1-15(9-5-14-6-11(9)17)12(18)8-4-7(13)2-3-10(8)16/h2-4,9,11,14,16-17H,5-6H2,1H3/t9-,11-/m1/s1. The van der Waals surface area contributed by atoms with E-state index < -0.39 is 6.10 Å². The highest BCUT2D eigenvalue weighted by Gasteiger charge is 2.32. The van der Waals surface area contributed by atoms with Crippen molar-refractivity contribution in [1.82, 2.24) is 10.2 Å². The molecule has 1 heterocycles. The number of likely N-dealkylation sites (N-methyl/N-ethyl adjacent to an activating group) is 1. The van der Waals surface area contributed by atoms with Crippen LogP contribution in [-0.4, -0.2) is 53.3 Å². The molecule has 1 aromatic carbocycles. The quantitative estimate of drug-likeness (QED) is 0.667. The van der Waals surface area contributed by atoms with Gasteiger partial charge in [0.05, 0.1) is 17.7 Å². The third kappa shape index (κ3) is 2.60. The van der Waals surface area contributed by atoms with Gasteiger partial charge in [-0.15, -0.1) is 0 Å². The summed E-state index contributed by atoms with van der Waals surface area (Å²) in [6.07, 6.45) is -0.566. The number of amides is 1. The van der Waals surface area contributed by atoms with E-state index in [0.29, 0.717) is 13.1 Å². The van der Waals surface area contributed by atoms with Gasteiger partial charge in [-0.25, -0.2) is 0 Å². The molecule has 0 bridgehead atoms. The smallest absolute Gasteiger partial charge is 0.257 e. The van der Waals surface area contributed by atoms with Crippen LogP contribution in [0.1, 0.15) is 10.4 Å². The zero-order valence-electron chi connectivity index (χ0n) is 9.93. The fourth-order valence-corrected chi connectivity index (χ4v) is 2.56. The number of hydrogen-bond donors (Lipinski definition) is 3. The first-order valence-electron chi connectivity index (χ1n) is 5.65. The maximum Gasteiger partial charge on any atom is 0.257 e. The molecule has 6 heteroatoms. The zero-order valence-corrected chi connectivity index (χ0v) is 12.1. The number of benzene rings is 1. The molecular formula is C12H15IN2O3. The van der Waals surface area contributed by atoms with Gasteiger partial charge in [-0.05, 0) is 40.8 Å². The SMILES string of the molecule is CN(C(=O)c1cc(I)ccc1O)[C@@H]1CNC[C@H]1O. The number of phenolic OH excluding ortho intramolecular Hbond substituents is 1. The Kier molecular flexibility index (Phi) is 4.08. The van der Waals surface area contributed by atoms with Crippen molar-refractivity contribution in [2.75, 3.05) is 20.1 Å². The van der Waals surface area contributed by atoms with Crippen LogP contribution in [-0.2, 0) is 0 Å². The van der Waals surface area contributed by atoms with E-state index in [1.165, 1.54) is 11.0 Å². The summed E-state index contributed by atoms with van der Waals surface area (Å²) in [7, 11) is 1.64. The number of phenols is 1. The molecule has 0 aromatic heterocycles. The monoisotopic (exact) mass is 362 g/mol. The van der Waals surface area contributed by atoms with Crippen molar-refractivity contribution in [2.45, 2.75) is 12.1 Å². The molecule has 0 radical (unpaired) electrons. The van der Waals surface area contributed by atoms with E-state index in [1.807, 2.05) is 0 Å². The molecule has 1 aliphatic heterocycles. The van der Waals surface area contributed by atoms with Gasteiger partial charge in [0.15, 0.2) is 0 Å². The summed E-state index contributed by atoms with van der Waals surface area (Å²) >= 11 is 2.09. The van der Waals surface area contributed by atoms with Gasteiger partial charge in [0.1, 0.15) is 5.75 Å². The second-order valence-corrected chi connectivity index (χ2v) is 5.62. The number of hydrogen-bond acceptors (Lipinski definition) is 4. The summed E-state index contributed by atoms with van der Waals surface area (Å²) < 4.78 is 0.882. The lowest BCUT2D eigenvalue weighted by atomic mass is 10.1. The first-order valence-corrected chi connectivity index (χ1v) is 6.73. The van der Waals surface area contributed by atoms with E-state index in [1.54, 1.807) is 19.2 Å². The third-order valence-electron chi connectivity index (χ3n) is 3.16. The number of nitrogens with one attached hydrogen (secondary N) is 1. The highest BCUT2D eigenvalue weighted by Crippen LogP contribution is 2.22. The van der Waals surface area contributed by atoms with E-state index in [-0.39, 0.29) is 23.3 Å². The maximum atomic E-state index is 12.3. The second kappa shape index (κ2) is 5.41. The molecule has 2 atom stereocenters. The van der Waals surface area contributed by atoms with Crippen molar-refractivity contribution >= 4 is 28.5 Å². The average Bonchev–Trinajstić information content (AvgIpc) is 2.77. The molecule has 0 spiro atoms. The van der Waals surface area contributed by atoms with Crippen LogP contribution >= 0.6 is 22.6 Å². The summed E-state index contributed by atoms with van der Waals surface area (Å²) in [5, 5.41) is 22.5. The lowest BCUT2D eigenvalue weighted by Crippen LogP contribution is -2.44. The average molecular weight is 362 g/mol. The van der Waals surface area contributed by atoms with Crippen molar-refractivity contribution in [1.29, 1.82) is 0 Å². The van der Waals surface area contributed by atoms with Crippen LogP contribution in [0.15, 0.2) is 18.2 Å². The lowest BCUT2D eigenvalue weighted by molar-refractivity contribution is 0.0578. The Morgan fingerprint density at radius 2 is 2.22 bits per heavy atom. The molecule has 0 aliphatic carbocycles. The van der Waals surface area contributed by atoms with Gasteiger partial charge in [0.25, 0.3) is 5.91 Å². The van der Waals surface area contributed by atoms with Gasteiger partial charge < -0.3 is 20.4 Å². The van der Waals surface area contributed by atoms with Crippen LogP contribution in [0.2, 0.25) is 0 Å². The Balaban J connectivity index is 2.22. The summed E-state index contributed by atoms with van der Waals surface area (Å²) in [6, 6.07) is 4.63. The van der Waals surface area contributed by atoms with Crippen LogP contribution in [0.4, 0.5) is 0 Å². The number of aromatic hydroxyl groups is 1. The van der Waals surface area contributed by atoms with Crippen LogP contribution in [0.5, 0.6) is 5.75 Å². The van der Waals surface area contributed by atoms with Crippen LogP contribution in [0.3, 0.4) is 0 Å². The Hall–Kier alpha value is -0.860. The van der Waals surface area contributed by atoms with E-state index in [9.17, 15) is 15.0 Å². The van der Waals surface area contributed by atoms with E-state index >= 15 is 0 Å². The fraction of sp³-hybridized carbons (Fsp3) is 0.417. The normalized spacial score (nSPS) is 23.1. The van der Waals surface area contributed by atoms with Gasteiger partial charge in [0.2, 0.25) is 0 Å².